The highest BCUT2D eigenvalue weighted by atomic mass is 16.1. The molecule has 5 heteroatoms. The molecule has 1 unspecified atom stereocenters. The van der Waals surface area contributed by atoms with Gasteiger partial charge in [-0.2, -0.15) is 0 Å². The van der Waals surface area contributed by atoms with Crippen LogP contribution in [0.15, 0.2) is 29.5 Å². The van der Waals surface area contributed by atoms with Gasteiger partial charge in [-0.05, 0) is 20.4 Å². The molecule has 2 aromatic rings. The van der Waals surface area contributed by atoms with Crippen LogP contribution in [0.2, 0.25) is 0 Å². The van der Waals surface area contributed by atoms with E-state index in [9.17, 15) is 4.79 Å². The van der Waals surface area contributed by atoms with Gasteiger partial charge in [0.1, 0.15) is 5.82 Å². The lowest BCUT2D eigenvalue weighted by molar-refractivity contribution is 0.565. The highest BCUT2D eigenvalue weighted by molar-refractivity contribution is 5.24. The molecule has 0 amide bonds. The minimum absolute atomic E-state index is 0.0293. The van der Waals surface area contributed by atoms with Crippen molar-refractivity contribution in [3.63, 3.8) is 0 Å². The first-order valence-electron chi connectivity index (χ1n) is 6.55. The summed E-state index contributed by atoms with van der Waals surface area (Å²) in [6.45, 7) is 4.89. The Bertz CT molecular complexity index is 599. The summed E-state index contributed by atoms with van der Waals surface area (Å²) < 4.78 is 2.08. The maximum Gasteiger partial charge on any atom is 0.187 e. The van der Waals surface area contributed by atoms with Crippen LogP contribution in [0.4, 0.5) is 0 Å². The van der Waals surface area contributed by atoms with Crippen LogP contribution in [0.5, 0.6) is 0 Å². The third-order valence-corrected chi connectivity index (χ3v) is 3.16. The van der Waals surface area contributed by atoms with E-state index in [0.717, 1.165) is 24.5 Å². The van der Waals surface area contributed by atoms with Gasteiger partial charge >= 0.3 is 0 Å². The molecule has 1 atom stereocenters. The van der Waals surface area contributed by atoms with Gasteiger partial charge in [-0.25, -0.2) is 4.98 Å². The summed E-state index contributed by atoms with van der Waals surface area (Å²) in [7, 11) is 1.84. The molecule has 0 fully saturated rings. The van der Waals surface area contributed by atoms with Gasteiger partial charge in [-0.1, -0.05) is 6.92 Å². The van der Waals surface area contributed by atoms with Gasteiger partial charge in [0.15, 0.2) is 5.43 Å². The molecular formula is C14H20N4O. The van der Waals surface area contributed by atoms with E-state index >= 15 is 0 Å². The summed E-state index contributed by atoms with van der Waals surface area (Å²) in [5.74, 6) is 0.874. The van der Waals surface area contributed by atoms with Crippen molar-refractivity contribution in [1.29, 1.82) is 0 Å². The van der Waals surface area contributed by atoms with Gasteiger partial charge in [0.25, 0.3) is 0 Å². The van der Waals surface area contributed by atoms with E-state index in [1.807, 2.05) is 20.2 Å². The number of H-pyrrole nitrogens is 1. The van der Waals surface area contributed by atoms with Crippen molar-refractivity contribution in [2.75, 3.05) is 7.05 Å². The zero-order chi connectivity index (χ0) is 13.8. The fourth-order valence-corrected chi connectivity index (χ4v) is 2.24. The maximum absolute atomic E-state index is 12.1. The van der Waals surface area contributed by atoms with Gasteiger partial charge in [-0.15, -0.1) is 0 Å². The molecule has 2 aromatic heterocycles. The number of pyridine rings is 1. The molecule has 2 heterocycles. The fraction of sp³-hybridized carbons (Fsp3) is 0.429. The topological polar surface area (TPSA) is 62.7 Å². The molecule has 0 aliphatic carbocycles. The zero-order valence-corrected chi connectivity index (χ0v) is 11.6. The molecule has 2 rings (SSSR count). The number of aromatic nitrogens is 3. The summed E-state index contributed by atoms with van der Waals surface area (Å²) in [6.07, 6.45) is 6.52. The molecule has 0 aliphatic rings. The Morgan fingerprint density at radius 2 is 2.32 bits per heavy atom. The SMILES string of the molecule is CCCn1ccnc1C(NC)c1c[nH]c(C)cc1=O. The van der Waals surface area contributed by atoms with Gasteiger partial charge in [0, 0.05) is 42.5 Å². The van der Waals surface area contributed by atoms with Crippen molar-refractivity contribution in [2.45, 2.75) is 32.9 Å². The third-order valence-electron chi connectivity index (χ3n) is 3.16. The van der Waals surface area contributed by atoms with Crippen molar-refractivity contribution >= 4 is 0 Å². The van der Waals surface area contributed by atoms with Crippen molar-refractivity contribution < 1.29 is 0 Å². The first-order chi connectivity index (χ1) is 9.17. The number of hydrogen-bond donors (Lipinski definition) is 2. The molecule has 0 aromatic carbocycles. The van der Waals surface area contributed by atoms with E-state index in [1.54, 1.807) is 18.5 Å². The summed E-state index contributed by atoms with van der Waals surface area (Å²) in [5, 5.41) is 3.18. The third kappa shape index (κ3) is 2.76. The van der Waals surface area contributed by atoms with Crippen molar-refractivity contribution in [2.24, 2.45) is 0 Å². The van der Waals surface area contributed by atoms with Crippen LogP contribution in [-0.4, -0.2) is 21.6 Å². The van der Waals surface area contributed by atoms with E-state index in [-0.39, 0.29) is 11.5 Å². The lowest BCUT2D eigenvalue weighted by atomic mass is 10.1. The molecule has 0 saturated carbocycles. The van der Waals surface area contributed by atoms with Crippen LogP contribution < -0.4 is 10.7 Å². The largest absolute Gasteiger partial charge is 0.365 e. The molecule has 102 valence electrons. The zero-order valence-electron chi connectivity index (χ0n) is 11.6. The molecule has 0 bridgehead atoms. The van der Waals surface area contributed by atoms with E-state index in [2.05, 4.69) is 26.8 Å². The van der Waals surface area contributed by atoms with Gasteiger partial charge in [0.2, 0.25) is 0 Å². The van der Waals surface area contributed by atoms with Gasteiger partial charge < -0.3 is 14.9 Å². The quantitative estimate of drug-likeness (QED) is 0.858. The molecule has 0 saturated heterocycles. The molecule has 5 nitrogen and oxygen atoms in total. The van der Waals surface area contributed by atoms with Crippen LogP contribution >= 0.6 is 0 Å². The van der Waals surface area contributed by atoms with Crippen LogP contribution in [0.3, 0.4) is 0 Å². The molecule has 19 heavy (non-hydrogen) atoms. The second-order valence-corrected chi connectivity index (χ2v) is 4.64. The average Bonchev–Trinajstić information content (AvgIpc) is 2.82. The number of imidazole rings is 1. The second kappa shape index (κ2) is 5.84. The summed E-state index contributed by atoms with van der Waals surface area (Å²) in [4.78, 5) is 19.6. The summed E-state index contributed by atoms with van der Waals surface area (Å²) >= 11 is 0. The lowest BCUT2D eigenvalue weighted by Crippen LogP contribution is -2.27. The van der Waals surface area contributed by atoms with Gasteiger partial charge in [0.05, 0.1) is 6.04 Å². The first-order valence-corrected chi connectivity index (χ1v) is 6.55. The van der Waals surface area contributed by atoms with E-state index < -0.39 is 0 Å². The standard InChI is InChI=1S/C14H20N4O/c1-4-6-18-7-5-16-14(18)13(15-3)11-9-17-10(2)8-12(11)19/h5,7-9,13,15H,4,6H2,1-3H3,(H,17,19). The van der Waals surface area contributed by atoms with Gasteiger partial charge in [-0.3, -0.25) is 4.79 Å². The summed E-state index contributed by atoms with van der Waals surface area (Å²) in [6, 6.07) is 1.43. The number of rotatable bonds is 5. The van der Waals surface area contributed by atoms with Crippen LogP contribution in [0.1, 0.15) is 36.5 Å². The molecular weight excluding hydrogens is 240 g/mol. The highest BCUT2D eigenvalue weighted by Gasteiger charge is 2.19. The molecule has 2 N–H and O–H groups in total. The predicted octanol–water partition coefficient (Wildman–Crippen LogP) is 1.60. The normalized spacial score (nSPS) is 12.6. The number of aromatic amines is 1. The number of nitrogens with zero attached hydrogens (tertiary/aromatic N) is 2. The maximum atomic E-state index is 12.1. The Kier molecular flexibility index (Phi) is 4.16. The minimum Gasteiger partial charge on any atom is -0.365 e. The Balaban J connectivity index is 2.44. The summed E-state index contributed by atoms with van der Waals surface area (Å²) in [5.41, 5.74) is 1.58. The average molecular weight is 260 g/mol. The van der Waals surface area contributed by atoms with Crippen LogP contribution in [0.25, 0.3) is 0 Å². The number of aryl methyl sites for hydroxylation is 2. The Hall–Kier alpha value is -1.88. The molecule has 0 aliphatic heterocycles. The Morgan fingerprint density at radius 3 is 2.95 bits per heavy atom. The van der Waals surface area contributed by atoms with E-state index in [1.165, 1.54) is 0 Å². The Labute approximate surface area is 112 Å². The smallest absolute Gasteiger partial charge is 0.187 e. The van der Waals surface area contributed by atoms with E-state index in [4.69, 9.17) is 0 Å². The monoisotopic (exact) mass is 260 g/mol. The van der Waals surface area contributed by atoms with Crippen molar-refractivity contribution in [3.8, 4) is 0 Å². The first kappa shape index (κ1) is 13.5. The minimum atomic E-state index is -0.189. The molecule has 0 radical (unpaired) electrons. The lowest BCUT2D eigenvalue weighted by Gasteiger charge is -2.17. The fourth-order valence-electron chi connectivity index (χ4n) is 2.24. The second-order valence-electron chi connectivity index (χ2n) is 4.64. The van der Waals surface area contributed by atoms with Crippen molar-refractivity contribution in [3.05, 3.63) is 52.0 Å². The Morgan fingerprint density at radius 1 is 1.53 bits per heavy atom. The van der Waals surface area contributed by atoms with Crippen LogP contribution in [-0.2, 0) is 6.54 Å². The van der Waals surface area contributed by atoms with Crippen LogP contribution in [0, 0.1) is 6.92 Å². The number of hydrogen-bond acceptors (Lipinski definition) is 3. The number of nitrogens with one attached hydrogen (secondary N) is 2. The van der Waals surface area contributed by atoms with E-state index in [0.29, 0.717) is 5.56 Å². The molecule has 0 spiro atoms. The van der Waals surface area contributed by atoms with Crippen molar-refractivity contribution in [1.82, 2.24) is 19.9 Å². The predicted molar refractivity (Wildman–Crippen MR) is 75.2 cm³/mol. The highest BCUT2D eigenvalue weighted by Crippen LogP contribution is 2.17.